The van der Waals surface area contributed by atoms with Gasteiger partial charge in [-0.05, 0) is 37.6 Å². The van der Waals surface area contributed by atoms with Crippen LogP contribution in [0.3, 0.4) is 0 Å². The van der Waals surface area contributed by atoms with Crippen molar-refractivity contribution in [2.45, 2.75) is 18.9 Å². The Morgan fingerprint density at radius 2 is 1.96 bits per heavy atom. The summed E-state index contributed by atoms with van der Waals surface area (Å²) in [4.78, 5) is 13.9. The van der Waals surface area contributed by atoms with Crippen molar-refractivity contribution in [3.05, 3.63) is 54.5 Å². The van der Waals surface area contributed by atoms with Crippen LogP contribution in [-0.4, -0.2) is 37.8 Å². The third-order valence-electron chi connectivity index (χ3n) is 3.80. The zero-order valence-corrected chi connectivity index (χ0v) is 14.2. The number of hydrogen-bond donors (Lipinski definition) is 3. The number of nitrogens with zero attached hydrogens (tertiary/aromatic N) is 1. The number of urea groups is 1. The van der Waals surface area contributed by atoms with E-state index in [0.717, 1.165) is 18.7 Å². The van der Waals surface area contributed by atoms with Gasteiger partial charge in [0.1, 0.15) is 11.4 Å². The van der Waals surface area contributed by atoms with Gasteiger partial charge in [-0.1, -0.05) is 18.2 Å². The Balaban J connectivity index is 1.63. The molecule has 2 rings (SSSR count). The number of benzene rings is 1. The molecule has 130 valence electrons. The molecule has 1 unspecified atom stereocenters. The molecule has 0 bridgehead atoms. The topological polar surface area (TPSA) is 77.7 Å². The zero-order chi connectivity index (χ0) is 17.4. The second-order valence-corrected chi connectivity index (χ2v) is 5.97. The van der Waals surface area contributed by atoms with Crippen molar-refractivity contribution in [1.82, 2.24) is 10.6 Å². The quantitative estimate of drug-likeness (QED) is 0.649. The SMILES string of the molecule is CN(CCCNC(=O)NCC(C)(O)c1ccco1)c1ccccc1. The van der Waals surface area contributed by atoms with E-state index in [2.05, 4.69) is 27.7 Å². The number of carbonyl (C=O) groups is 1. The molecule has 0 aliphatic rings. The molecule has 2 aromatic rings. The third kappa shape index (κ3) is 5.31. The van der Waals surface area contributed by atoms with E-state index in [-0.39, 0.29) is 12.6 Å². The van der Waals surface area contributed by atoms with Gasteiger partial charge in [0.2, 0.25) is 0 Å². The summed E-state index contributed by atoms with van der Waals surface area (Å²) < 4.78 is 5.17. The summed E-state index contributed by atoms with van der Waals surface area (Å²) in [6.07, 6.45) is 2.32. The molecule has 1 aromatic carbocycles. The monoisotopic (exact) mass is 331 g/mol. The summed E-state index contributed by atoms with van der Waals surface area (Å²) in [6.45, 7) is 3.08. The molecule has 0 fully saturated rings. The van der Waals surface area contributed by atoms with Gasteiger partial charge in [-0.3, -0.25) is 0 Å². The number of carbonyl (C=O) groups excluding carboxylic acids is 1. The number of furan rings is 1. The Morgan fingerprint density at radius 1 is 1.21 bits per heavy atom. The fourth-order valence-electron chi connectivity index (χ4n) is 2.32. The van der Waals surface area contributed by atoms with Crippen molar-refractivity contribution >= 4 is 11.7 Å². The molecule has 0 saturated heterocycles. The van der Waals surface area contributed by atoms with Gasteiger partial charge in [0.05, 0.1) is 12.8 Å². The second-order valence-electron chi connectivity index (χ2n) is 5.97. The highest BCUT2D eigenvalue weighted by Crippen LogP contribution is 2.19. The molecule has 2 amide bonds. The van der Waals surface area contributed by atoms with E-state index in [9.17, 15) is 9.90 Å². The van der Waals surface area contributed by atoms with Gasteiger partial charge in [0.25, 0.3) is 0 Å². The van der Waals surface area contributed by atoms with Gasteiger partial charge in [-0.2, -0.15) is 0 Å². The van der Waals surface area contributed by atoms with E-state index in [1.165, 1.54) is 6.26 Å². The molecule has 0 radical (unpaired) electrons. The predicted molar refractivity (Wildman–Crippen MR) is 94.0 cm³/mol. The fraction of sp³-hybridized carbons (Fsp3) is 0.389. The molecule has 6 nitrogen and oxygen atoms in total. The lowest BCUT2D eigenvalue weighted by Gasteiger charge is -2.21. The molecule has 0 aliphatic heterocycles. The third-order valence-corrected chi connectivity index (χ3v) is 3.80. The summed E-state index contributed by atoms with van der Waals surface area (Å²) in [5.41, 5.74) is -0.0783. The highest BCUT2D eigenvalue weighted by molar-refractivity contribution is 5.73. The Morgan fingerprint density at radius 3 is 2.62 bits per heavy atom. The lowest BCUT2D eigenvalue weighted by atomic mass is 10.0. The van der Waals surface area contributed by atoms with Crippen LogP contribution in [-0.2, 0) is 5.60 Å². The standard InChI is InChI=1S/C18H25N3O3/c1-18(23,16-10-6-13-24-16)14-20-17(22)19-11-7-12-21(2)15-8-4-3-5-9-15/h3-6,8-10,13,23H,7,11-12,14H2,1-2H3,(H2,19,20,22). The summed E-state index contributed by atoms with van der Waals surface area (Å²) in [5.74, 6) is 0.423. The lowest BCUT2D eigenvalue weighted by Crippen LogP contribution is -2.43. The van der Waals surface area contributed by atoms with Crippen LogP contribution in [0.4, 0.5) is 10.5 Å². The molecule has 0 spiro atoms. The average molecular weight is 331 g/mol. The van der Waals surface area contributed by atoms with Gasteiger partial charge in [-0.25, -0.2) is 4.79 Å². The molecule has 1 heterocycles. The van der Waals surface area contributed by atoms with Gasteiger partial charge in [0, 0.05) is 25.8 Å². The van der Waals surface area contributed by atoms with Crippen molar-refractivity contribution in [3.8, 4) is 0 Å². The number of aliphatic hydroxyl groups is 1. The van der Waals surface area contributed by atoms with Crippen LogP contribution in [0.2, 0.25) is 0 Å². The number of amides is 2. The minimum Gasteiger partial charge on any atom is -0.466 e. The fourth-order valence-corrected chi connectivity index (χ4v) is 2.32. The number of para-hydroxylation sites is 1. The molecule has 0 saturated carbocycles. The van der Waals surface area contributed by atoms with Crippen molar-refractivity contribution in [3.63, 3.8) is 0 Å². The van der Waals surface area contributed by atoms with E-state index in [1.54, 1.807) is 19.1 Å². The van der Waals surface area contributed by atoms with Crippen LogP contribution in [0.15, 0.2) is 53.1 Å². The maximum absolute atomic E-state index is 11.8. The molecule has 1 atom stereocenters. The van der Waals surface area contributed by atoms with Crippen LogP contribution in [0.25, 0.3) is 0 Å². The normalized spacial score (nSPS) is 13.1. The van der Waals surface area contributed by atoms with Crippen molar-refractivity contribution in [2.75, 3.05) is 31.6 Å². The molecule has 6 heteroatoms. The number of hydrogen-bond acceptors (Lipinski definition) is 4. The van der Waals surface area contributed by atoms with Crippen LogP contribution >= 0.6 is 0 Å². The van der Waals surface area contributed by atoms with E-state index in [1.807, 2.05) is 25.2 Å². The molecule has 24 heavy (non-hydrogen) atoms. The zero-order valence-electron chi connectivity index (χ0n) is 14.2. The van der Waals surface area contributed by atoms with E-state index in [0.29, 0.717) is 12.3 Å². The number of rotatable bonds is 8. The largest absolute Gasteiger partial charge is 0.466 e. The van der Waals surface area contributed by atoms with Gasteiger partial charge in [-0.15, -0.1) is 0 Å². The summed E-state index contributed by atoms with van der Waals surface area (Å²) in [6, 6.07) is 13.2. The minimum absolute atomic E-state index is 0.0796. The molecule has 0 aliphatic carbocycles. The van der Waals surface area contributed by atoms with Crippen LogP contribution < -0.4 is 15.5 Å². The summed E-state index contributed by atoms with van der Waals surface area (Å²) in [5, 5.41) is 15.7. The van der Waals surface area contributed by atoms with E-state index in [4.69, 9.17) is 4.42 Å². The first-order valence-corrected chi connectivity index (χ1v) is 8.03. The molecule has 3 N–H and O–H groups in total. The van der Waals surface area contributed by atoms with Gasteiger partial charge < -0.3 is 25.1 Å². The summed E-state index contributed by atoms with van der Waals surface area (Å²) >= 11 is 0. The second kappa shape index (κ2) is 8.40. The van der Waals surface area contributed by atoms with E-state index >= 15 is 0 Å². The lowest BCUT2D eigenvalue weighted by molar-refractivity contribution is 0.0367. The average Bonchev–Trinajstić information content (AvgIpc) is 3.13. The molecular weight excluding hydrogens is 306 g/mol. The predicted octanol–water partition coefficient (Wildman–Crippen LogP) is 2.31. The minimum atomic E-state index is -1.23. The first kappa shape index (κ1) is 17.9. The molecular formula is C18H25N3O3. The van der Waals surface area contributed by atoms with Crippen LogP contribution in [0.1, 0.15) is 19.1 Å². The van der Waals surface area contributed by atoms with Crippen LogP contribution in [0, 0.1) is 0 Å². The van der Waals surface area contributed by atoms with E-state index < -0.39 is 5.60 Å². The number of nitrogens with one attached hydrogen (secondary N) is 2. The van der Waals surface area contributed by atoms with Crippen molar-refractivity contribution in [1.29, 1.82) is 0 Å². The Hall–Kier alpha value is -2.47. The van der Waals surface area contributed by atoms with Gasteiger partial charge >= 0.3 is 6.03 Å². The highest BCUT2D eigenvalue weighted by Gasteiger charge is 2.26. The van der Waals surface area contributed by atoms with Crippen LogP contribution in [0.5, 0.6) is 0 Å². The maximum Gasteiger partial charge on any atom is 0.314 e. The van der Waals surface area contributed by atoms with Gasteiger partial charge in [0.15, 0.2) is 0 Å². The molecule has 1 aromatic heterocycles. The summed E-state index contributed by atoms with van der Waals surface area (Å²) in [7, 11) is 2.02. The Kier molecular flexibility index (Phi) is 6.26. The highest BCUT2D eigenvalue weighted by atomic mass is 16.4. The first-order valence-electron chi connectivity index (χ1n) is 8.03. The maximum atomic E-state index is 11.8. The number of anilines is 1. The first-order chi connectivity index (χ1) is 11.5. The smallest absolute Gasteiger partial charge is 0.314 e. The van der Waals surface area contributed by atoms with Crippen molar-refractivity contribution < 1.29 is 14.3 Å². The Bertz CT molecular complexity index is 612. The Labute approximate surface area is 142 Å². The van der Waals surface area contributed by atoms with Crippen molar-refractivity contribution in [2.24, 2.45) is 0 Å².